The molecule has 0 spiro atoms. The molecule has 0 bridgehead atoms. The van der Waals surface area contributed by atoms with Gasteiger partial charge in [-0.25, -0.2) is 0 Å². The molecule has 1 aliphatic rings. The van der Waals surface area contributed by atoms with Crippen LogP contribution in [0.3, 0.4) is 0 Å². The van der Waals surface area contributed by atoms with Crippen molar-refractivity contribution in [1.82, 2.24) is 5.32 Å². The number of hydrogen-bond acceptors (Lipinski definition) is 2. The minimum Gasteiger partial charge on any atom is -0.493 e. The van der Waals surface area contributed by atoms with Gasteiger partial charge in [-0.15, -0.1) is 6.42 Å². The van der Waals surface area contributed by atoms with Crippen LogP contribution in [-0.4, -0.2) is 19.2 Å². The Morgan fingerprint density at radius 3 is 3.12 bits per heavy atom. The van der Waals surface area contributed by atoms with Crippen LogP contribution in [0.5, 0.6) is 5.75 Å². The maximum Gasteiger partial charge on any atom is 0.122 e. The summed E-state index contributed by atoms with van der Waals surface area (Å²) >= 11 is 0. The van der Waals surface area contributed by atoms with E-state index < -0.39 is 0 Å². The average Bonchev–Trinajstić information content (AvgIpc) is 2.40. The number of nitrogens with one attached hydrogen (secondary N) is 1. The van der Waals surface area contributed by atoms with Gasteiger partial charge in [0.15, 0.2) is 0 Å². The second kappa shape index (κ2) is 5.75. The van der Waals surface area contributed by atoms with Gasteiger partial charge < -0.3 is 10.1 Å². The third-order valence-corrected chi connectivity index (χ3v) is 3.20. The third-order valence-electron chi connectivity index (χ3n) is 3.20. The van der Waals surface area contributed by atoms with Crippen LogP contribution >= 0.6 is 0 Å². The van der Waals surface area contributed by atoms with E-state index in [1.807, 2.05) is 18.2 Å². The maximum atomic E-state index is 5.66. The molecular weight excluding hydrogens is 210 g/mol. The fraction of sp³-hybridized carbons (Fsp3) is 0.467. The van der Waals surface area contributed by atoms with Crippen LogP contribution in [0.15, 0.2) is 24.3 Å². The molecule has 2 atom stereocenters. The Morgan fingerprint density at radius 1 is 1.53 bits per heavy atom. The number of para-hydroxylation sites is 1. The van der Waals surface area contributed by atoms with E-state index in [0.717, 1.165) is 31.7 Å². The Bertz CT molecular complexity index is 408. The molecule has 1 N–H and O–H groups in total. The molecule has 2 rings (SSSR count). The quantitative estimate of drug-likeness (QED) is 0.801. The predicted molar refractivity (Wildman–Crippen MR) is 70.2 cm³/mol. The van der Waals surface area contributed by atoms with Crippen molar-refractivity contribution >= 4 is 0 Å². The zero-order valence-corrected chi connectivity index (χ0v) is 10.3. The van der Waals surface area contributed by atoms with Crippen LogP contribution in [0.1, 0.15) is 31.2 Å². The molecule has 0 aliphatic carbocycles. The maximum absolute atomic E-state index is 5.66. The zero-order valence-electron chi connectivity index (χ0n) is 10.3. The average molecular weight is 229 g/mol. The van der Waals surface area contributed by atoms with E-state index in [2.05, 4.69) is 24.2 Å². The van der Waals surface area contributed by atoms with Crippen molar-refractivity contribution in [3.05, 3.63) is 29.8 Å². The van der Waals surface area contributed by atoms with E-state index >= 15 is 0 Å². The van der Waals surface area contributed by atoms with Crippen molar-refractivity contribution < 1.29 is 4.74 Å². The molecule has 0 radical (unpaired) electrons. The fourth-order valence-corrected chi connectivity index (χ4v) is 2.33. The first-order valence-corrected chi connectivity index (χ1v) is 6.28. The Kier molecular flexibility index (Phi) is 4.06. The van der Waals surface area contributed by atoms with Gasteiger partial charge in [-0.3, -0.25) is 0 Å². The smallest absolute Gasteiger partial charge is 0.122 e. The van der Waals surface area contributed by atoms with Crippen molar-refractivity contribution in [2.24, 2.45) is 0 Å². The minimum absolute atomic E-state index is 0.111. The van der Waals surface area contributed by atoms with Crippen LogP contribution in [0.2, 0.25) is 0 Å². The molecule has 0 amide bonds. The van der Waals surface area contributed by atoms with Gasteiger partial charge in [0.1, 0.15) is 5.75 Å². The van der Waals surface area contributed by atoms with Crippen molar-refractivity contribution in [3.63, 3.8) is 0 Å². The monoisotopic (exact) mass is 229 g/mol. The molecule has 17 heavy (non-hydrogen) atoms. The van der Waals surface area contributed by atoms with Crippen molar-refractivity contribution in [2.75, 3.05) is 13.2 Å². The minimum atomic E-state index is 0.111. The van der Waals surface area contributed by atoms with Gasteiger partial charge in [-0.1, -0.05) is 31.0 Å². The highest BCUT2D eigenvalue weighted by Gasteiger charge is 2.27. The largest absolute Gasteiger partial charge is 0.493 e. The summed E-state index contributed by atoms with van der Waals surface area (Å²) in [6.45, 7) is 3.88. The normalized spacial score (nSPS) is 19.9. The molecule has 2 nitrogen and oxygen atoms in total. The number of rotatable bonds is 4. The van der Waals surface area contributed by atoms with Gasteiger partial charge in [0, 0.05) is 5.92 Å². The van der Waals surface area contributed by atoms with Crippen molar-refractivity contribution in [1.29, 1.82) is 0 Å². The summed E-state index contributed by atoms with van der Waals surface area (Å²) in [7, 11) is 0. The Morgan fingerprint density at radius 2 is 2.35 bits per heavy atom. The highest BCUT2D eigenvalue weighted by atomic mass is 16.5. The van der Waals surface area contributed by atoms with Gasteiger partial charge in [0.2, 0.25) is 0 Å². The van der Waals surface area contributed by atoms with Gasteiger partial charge in [-0.2, -0.15) is 0 Å². The molecular formula is C15H19NO. The Labute approximate surface area is 103 Å². The number of ether oxygens (including phenoxy) is 1. The highest BCUT2D eigenvalue weighted by molar-refractivity contribution is 5.40. The zero-order chi connectivity index (χ0) is 12.1. The van der Waals surface area contributed by atoms with Gasteiger partial charge in [0.25, 0.3) is 0 Å². The van der Waals surface area contributed by atoms with Crippen molar-refractivity contribution in [3.8, 4) is 18.1 Å². The van der Waals surface area contributed by atoms with Gasteiger partial charge in [-0.05, 0) is 31.0 Å². The lowest BCUT2D eigenvalue weighted by molar-refractivity contribution is 0.256. The van der Waals surface area contributed by atoms with Crippen LogP contribution in [-0.2, 0) is 0 Å². The summed E-state index contributed by atoms with van der Waals surface area (Å²) in [5.41, 5.74) is 1.24. The highest BCUT2D eigenvalue weighted by Crippen LogP contribution is 2.35. The number of hydrogen-bond donors (Lipinski definition) is 1. The van der Waals surface area contributed by atoms with Crippen LogP contribution < -0.4 is 10.1 Å². The molecule has 0 saturated carbocycles. The molecule has 2 heteroatoms. The standard InChI is InChI=1S/C15H19NO/c1-3-10-16-14(4-2)12-9-11-17-15-8-6-5-7-13(12)15/h2,5-8,12,14,16H,3,9-11H2,1H3. The lowest BCUT2D eigenvalue weighted by atomic mass is 9.87. The molecule has 1 heterocycles. The summed E-state index contributed by atoms with van der Waals surface area (Å²) in [4.78, 5) is 0. The Hall–Kier alpha value is -1.46. The second-order valence-corrected chi connectivity index (χ2v) is 4.38. The predicted octanol–water partition coefficient (Wildman–Crippen LogP) is 2.55. The van der Waals surface area contributed by atoms with E-state index in [9.17, 15) is 0 Å². The fourth-order valence-electron chi connectivity index (χ4n) is 2.33. The molecule has 1 aromatic carbocycles. The van der Waals surface area contributed by atoms with Gasteiger partial charge >= 0.3 is 0 Å². The Balaban J connectivity index is 2.19. The number of benzene rings is 1. The molecule has 0 aromatic heterocycles. The first-order chi connectivity index (χ1) is 8.36. The van der Waals surface area contributed by atoms with Crippen LogP contribution in [0, 0.1) is 12.3 Å². The first kappa shape index (κ1) is 12.0. The van der Waals surface area contributed by atoms with Crippen LogP contribution in [0.4, 0.5) is 0 Å². The second-order valence-electron chi connectivity index (χ2n) is 4.38. The van der Waals surface area contributed by atoms with E-state index in [1.165, 1.54) is 5.56 Å². The SMILES string of the molecule is C#CC(NCCC)C1CCOc2ccccc21. The molecule has 90 valence electrons. The molecule has 1 aromatic rings. The molecule has 0 saturated heterocycles. The van der Waals surface area contributed by atoms with E-state index in [0.29, 0.717) is 5.92 Å². The van der Waals surface area contributed by atoms with E-state index in [1.54, 1.807) is 0 Å². The lowest BCUT2D eigenvalue weighted by Crippen LogP contribution is -2.36. The van der Waals surface area contributed by atoms with Gasteiger partial charge in [0.05, 0.1) is 12.6 Å². The van der Waals surface area contributed by atoms with E-state index in [-0.39, 0.29) is 6.04 Å². The van der Waals surface area contributed by atoms with E-state index in [4.69, 9.17) is 11.2 Å². The summed E-state index contributed by atoms with van der Waals surface area (Å²) < 4.78 is 5.66. The molecule has 0 fully saturated rings. The topological polar surface area (TPSA) is 21.3 Å². The number of fused-ring (bicyclic) bond motifs is 1. The molecule has 1 aliphatic heterocycles. The van der Waals surface area contributed by atoms with Crippen LogP contribution in [0.25, 0.3) is 0 Å². The summed E-state index contributed by atoms with van der Waals surface area (Å²) in [6, 6.07) is 8.31. The summed E-state index contributed by atoms with van der Waals surface area (Å²) in [5.74, 6) is 4.24. The lowest BCUT2D eigenvalue weighted by Gasteiger charge is -2.30. The first-order valence-electron chi connectivity index (χ1n) is 6.28. The summed E-state index contributed by atoms with van der Waals surface area (Å²) in [6.07, 6.45) is 7.74. The summed E-state index contributed by atoms with van der Waals surface area (Å²) in [5, 5.41) is 3.44. The van der Waals surface area contributed by atoms with Crippen molar-refractivity contribution in [2.45, 2.75) is 31.7 Å². The number of terminal acetylenes is 1. The molecule has 2 unspecified atom stereocenters. The third kappa shape index (κ3) is 2.62.